The summed E-state index contributed by atoms with van der Waals surface area (Å²) in [4.78, 5) is 28.7. The first kappa shape index (κ1) is 23.7. The van der Waals surface area contributed by atoms with Gasteiger partial charge in [-0.3, -0.25) is 14.5 Å². The summed E-state index contributed by atoms with van der Waals surface area (Å²) in [6.07, 6.45) is 0.702. The number of halogens is 1. The predicted molar refractivity (Wildman–Crippen MR) is 134 cm³/mol. The van der Waals surface area contributed by atoms with Crippen LogP contribution in [-0.4, -0.2) is 41.9 Å². The summed E-state index contributed by atoms with van der Waals surface area (Å²) in [6, 6.07) is 12.7. The quantitative estimate of drug-likeness (QED) is 0.485. The molecule has 4 rings (SSSR count). The molecule has 2 amide bonds. The number of thioether (sulfide) groups is 1. The van der Waals surface area contributed by atoms with Crippen LogP contribution >= 0.6 is 23.4 Å². The molecule has 174 valence electrons. The average Bonchev–Trinajstić information content (AvgIpc) is 2.98. The van der Waals surface area contributed by atoms with E-state index in [2.05, 4.69) is 9.88 Å². The summed E-state index contributed by atoms with van der Waals surface area (Å²) in [5.74, 6) is -0.108. The molecule has 0 fully saturated rings. The largest absolute Gasteiger partial charge is 0.382 e. The highest BCUT2D eigenvalue weighted by Crippen LogP contribution is 2.43. The van der Waals surface area contributed by atoms with Crippen molar-refractivity contribution in [1.82, 2.24) is 9.88 Å². The van der Waals surface area contributed by atoms with E-state index in [9.17, 15) is 9.59 Å². The van der Waals surface area contributed by atoms with Crippen LogP contribution in [0, 0.1) is 6.92 Å². The van der Waals surface area contributed by atoms with Gasteiger partial charge in [-0.15, -0.1) is 0 Å². The van der Waals surface area contributed by atoms with E-state index in [1.165, 1.54) is 11.8 Å². The van der Waals surface area contributed by atoms with E-state index in [-0.39, 0.29) is 17.6 Å². The van der Waals surface area contributed by atoms with Crippen LogP contribution in [0.5, 0.6) is 0 Å². The number of aromatic nitrogens is 1. The lowest BCUT2D eigenvalue weighted by molar-refractivity contribution is -0.125. The minimum absolute atomic E-state index is 0.130. The molecule has 2 aromatic carbocycles. The lowest BCUT2D eigenvalue weighted by Gasteiger charge is -2.30. The predicted octanol–water partition coefficient (Wildman–Crippen LogP) is 4.86. The molecule has 0 saturated heterocycles. The smallest absolute Gasteiger partial charge is 0.247 e. The second-order valence-electron chi connectivity index (χ2n) is 8.02. The molecule has 1 N–H and O–H groups in total. The van der Waals surface area contributed by atoms with E-state index in [4.69, 9.17) is 16.3 Å². The van der Waals surface area contributed by atoms with Gasteiger partial charge in [0, 0.05) is 54.0 Å². The van der Waals surface area contributed by atoms with Gasteiger partial charge in [-0.2, -0.15) is 0 Å². The van der Waals surface area contributed by atoms with E-state index in [1.54, 1.807) is 11.0 Å². The number of carbonyl (C=O) groups excluding carboxylic acids is 2. The lowest BCUT2D eigenvalue weighted by Crippen LogP contribution is -2.44. The highest BCUT2D eigenvalue weighted by Gasteiger charge is 2.39. The van der Waals surface area contributed by atoms with E-state index >= 15 is 0 Å². The molecular weight excluding hydrogens is 458 g/mol. The van der Waals surface area contributed by atoms with Crippen molar-refractivity contribution < 1.29 is 14.3 Å². The zero-order chi connectivity index (χ0) is 23.5. The number of amides is 2. The fourth-order valence-corrected chi connectivity index (χ4v) is 5.45. The number of anilines is 1. The third-order valence-corrected chi connectivity index (χ3v) is 7.44. The Bertz CT molecular complexity index is 1190. The van der Waals surface area contributed by atoms with Gasteiger partial charge in [0.1, 0.15) is 6.04 Å². The maximum Gasteiger partial charge on any atom is 0.247 e. The van der Waals surface area contributed by atoms with Gasteiger partial charge in [0.25, 0.3) is 0 Å². The van der Waals surface area contributed by atoms with Gasteiger partial charge in [0.2, 0.25) is 11.8 Å². The number of benzene rings is 2. The molecule has 6 nitrogen and oxygen atoms in total. The third-order valence-electron chi connectivity index (χ3n) is 5.87. The molecular formula is C25H28ClN3O3S. The number of para-hydroxylation sites is 1. The Kier molecular flexibility index (Phi) is 7.32. The highest BCUT2D eigenvalue weighted by atomic mass is 35.5. The van der Waals surface area contributed by atoms with Crippen molar-refractivity contribution >= 4 is 51.8 Å². The number of nitrogens with one attached hydrogen (secondary N) is 1. The van der Waals surface area contributed by atoms with Crippen molar-refractivity contribution in [3.63, 3.8) is 0 Å². The van der Waals surface area contributed by atoms with Crippen LogP contribution in [0.1, 0.15) is 30.5 Å². The molecule has 1 aliphatic heterocycles. The highest BCUT2D eigenvalue weighted by molar-refractivity contribution is 8.00. The molecule has 8 heteroatoms. The summed E-state index contributed by atoms with van der Waals surface area (Å²) in [5.41, 5.74) is 3.41. The number of carbonyl (C=O) groups is 2. The van der Waals surface area contributed by atoms with Gasteiger partial charge in [0.15, 0.2) is 0 Å². The molecule has 1 aromatic heterocycles. The number of nitrogens with zero attached hydrogens (tertiary/aromatic N) is 2. The summed E-state index contributed by atoms with van der Waals surface area (Å²) in [6.45, 7) is 5.55. The van der Waals surface area contributed by atoms with E-state index in [1.807, 2.05) is 57.3 Å². The molecule has 0 unspecified atom stereocenters. The fraction of sp³-hybridized carbons (Fsp3) is 0.360. The molecule has 0 bridgehead atoms. The Morgan fingerprint density at radius 1 is 1.27 bits per heavy atom. The number of aryl methyl sites for hydroxylation is 2. The van der Waals surface area contributed by atoms with Crippen LogP contribution in [0.25, 0.3) is 10.9 Å². The Morgan fingerprint density at radius 2 is 2.06 bits per heavy atom. The van der Waals surface area contributed by atoms with E-state index in [0.29, 0.717) is 36.9 Å². The second-order valence-corrected chi connectivity index (χ2v) is 9.40. The molecule has 3 aromatic rings. The number of hydrogen-bond acceptors (Lipinski definition) is 4. The number of fused-ring (bicyclic) bond motifs is 3. The Morgan fingerprint density at radius 3 is 2.82 bits per heavy atom. The van der Waals surface area contributed by atoms with Crippen molar-refractivity contribution in [2.24, 2.45) is 7.05 Å². The Labute approximate surface area is 203 Å². The maximum atomic E-state index is 13.7. The van der Waals surface area contributed by atoms with Crippen LogP contribution in [0.2, 0.25) is 5.02 Å². The first-order valence-electron chi connectivity index (χ1n) is 11.1. The van der Waals surface area contributed by atoms with Crippen LogP contribution in [0.15, 0.2) is 47.5 Å². The molecule has 1 atom stereocenters. The summed E-state index contributed by atoms with van der Waals surface area (Å²) < 4.78 is 7.47. The van der Waals surface area contributed by atoms with Crippen molar-refractivity contribution in [1.29, 1.82) is 0 Å². The zero-order valence-electron chi connectivity index (χ0n) is 19.1. The van der Waals surface area contributed by atoms with Crippen LogP contribution in [0.3, 0.4) is 0 Å². The van der Waals surface area contributed by atoms with E-state index < -0.39 is 6.04 Å². The minimum Gasteiger partial charge on any atom is -0.382 e. The van der Waals surface area contributed by atoms with Gasteiger partial charge >= 0.3 is 0 Å². The molecule has 0 aliphatic carbocycles. The monoisotopic (exact) mass is 485 g/mol. The molecule has 1 aliphatic rings. The SMILES string of the molecule is CCOCCCNC(=O)[C@H]1c2c(n(C)c3ccccc23)SCC(=O)N1c1ccc(C)c(Cl)c1. The lowest BCUT2D eigenvalue weighted by atomic mass is 10.0. The van der Waals surface area contributed by atoms with Gasteiger partial charge in [0.05, 0.1) is 10.8 Å². The summed E-state index contributed by atoms with van der Waals surface area (Å²) >= 11 is 7.89. The molecule has 0 radical (unpaired) electrons. The van der Waals surface area contributed by atoms with Gasteiger partial charge < -0.3 is 14.6 Å². The number of hydrogen-bond donors (Lipinski definition) is 1. The van der Waals surface area contributed by atoms with Crippen LogP contribution < -0.4 is 10.2 Å². The van der Waals surface area contributed by atoms with Crippen LogP contribution in [0.4, 0.5) is 5.69 Å². The Balaban J connectivity index is 1.82. The van der Waals surface area contributed by atoms with Crippen LogP contribution in [-0.2, 0) is 21.4 Å². The van der Waals surface area contributed by atoms with Crippen molar-refractivity contribution in [3.8, 4) is 0 Å². The maximum absolute atomic E-state index is 13.7. The topological polar surface area (TPSA) is 63.6 Å². The molecule has 33 heavy (non-hydrogen) atoms. The van der Waals surface area contributed by atoms with E-state index in [0.717, 1.165) is 27.1 Å². The number of rotatable bonds is 7. The average molecular weight is 486 g/mol. The molecule has 2 heterocycles. The zero-order valence-corrected chi connectivity index (χ0v) is 20.6. The van der Waals surface area contributed by atoms with Gasteiger partial charge in [-0.1, -0.05) is 47.6 Å². The second kappa shape index (κ2) is 10.2. The number of ether oxygens (including phenoxy) is 1. The third kappa shape index (κ3) is 4.63. The van der Waals surface area contributed by atoms with Crippen molar-refractivity contribution in [2.75, 3.05) is 30.4 Å². The van der Waals surface area contributed by atoms with Gasteiger partial charge in [-0.05, 0) is 44.0 Å². The minimum atomic E-state index is -0.806. The van der Waals surface area contributed by atoms with Crippen molar-refractivity contribution in [2.45, 2.75) is 31.3 Å². The van der Waals surface area contributed by atoms with Crippen molar-refractivity contribution in [3.05, 3.63) is 58.6 Å². The first-order valence-corrected chi connectivity index (χ1v) is 12.4. The van der Waals surface area contributed by atoms with Gasteiger partial charge in [-0.25, -0.2) is 0 Å². The standard InChI is InChI=1S/C25H28ClN3O3S/c1-4-32-13-7-12-27-24(31)23-22-18-8-5-6-9-20(18)28(3)25(22)33-15-21(30)29(23)17-11-10-16(2)19(26)14-17/h5-6,8-11,14,23H,4,7,12-13,15H2,1-3H3,(H,27,31)/t23-/m1/s1. The first-order chi connectivity index (χ1) is 15.9. The normalized spacial score (nSPS) is 16.1. The fourth-order valence-electron chi connectivity index (χ4n) is 4.21. The summed E-state index contributed by atoms with van der Waals surface area (Å²) in [7, 11) is 1.98. The molecule has 0 saturated carbocycles. The summed E-state index contributed by atoms with van der Waals surface area (Å²) in [5, 5.41) is 5.49. The molecule has 0 spiro atoms. The Hall–Kier alpha value is -2.48.